The second kappa shape index (κ2) is 8.90. The largest absolute Gasteiger partial charge is 0.494 e. The van der Waals surface area contributed by atoms with Gasteiger partial charge in [-0.2, -0.15) is 0 Å². The fourth-order valence-electron chi connectivity index (χ4n) is 4.08. The summed E-state index contributed by atoms with van der Waals surface area (Å²) in [5, 5.41) is 2.55. The SMILES string of the molecule is c1cc2sc3ccc(OCCCN4CCC4)cc3c2cc1OCCCN1CCC1. The Morgan fingerprint density at radius 3 is 1.59 bits per heavy atom. The van der Waals surface area contributed by atoms with Gasteiger partial charge in [-0.15, -0.1) is 11.3 Å². The summed E-state index contributed by atoms with van der Waals surface area (Å²) >= 11 is 1.84. The summed E-state index contributed by atoms with van der Waals surface area (Å²) in [6.07, 6.45) is 4.90. The van der Waals surface area contributed by atoms with Crippen molar-refractivity contribution in [3.05, 3.63) is 36.4 Å². The molecule has 0 radical (unpaired) electrons. The predicted octanol–water partition coefficient (Wildman–Crippen LogP) is 5.00. The van der Waals surface area contributed by atoms with E-state index in [0.717, 1.165) is 50.6 Å². The lowest BCUT2D eigenvalue weighted by molar-refractivity contribution is 0.165. The van der Waals surface area contributed by atoms with Crippen LogP contribution in [0.4, 0.5) is 0 Å². The third-order valence-electron chi connectivity index (χ3n) is 6.08. The Kier molecular flexibility index (Phi) is 5.88. The van der Waals surface area contributed by atoms with Crippen LogP contribution < -0.4 is 9.47 Å². The molecule has 29 heavy (non-hydrogen) atoms. The summed E-state index contributed by atoms with van der Waals surface area (Å²) < 4.78 is 14.7. The molecule has 4 nitrogen and oxygen atoms in total. The van der Waals surface area contributed by atoms with Crippen LogP contribution in [0.1, 0.15) is 25.7 Å². The number of hydrogen-bond donors (Lipinski definition) is 0. The van der Waals surface area contributed by atoms with E-state index in [-0.39, 0.29) is 0 Å². The Morgan fingerprint density at radius 2 is 1.17 bits per heavy atom. The number of likely N-dealkylation sites (tertiary alicyclic amines) is 2. The van der Waals surface area contributed by atoms with Crippen molar-refractivity contribution in [3.8, 4) is 11.5 Å². The second-order valence-corrected chi connectivity index (χ2v) is 9.30. The van der Waals surface area contributed by atoms with Gasteiger partial charge in [-0.1, -0.05) is 0 Å². The number of nitrogens with zero attached hydrogens (tertiary/aromatic N) is 2. The smallest absolute Gasteiger partial charge is 0.120 e. The lowest BCUT2D eigenvalue weighted by Crippen LogP contribution is -2.38. The number of hydrogen-bond acceptors (Lipinski definition) is 5. The highest BCUT2D eigenvalue weighted by atomic mass is 32.1. The van der Waals surface area contributed by atoms with Crippen LogP contribution in [0.5, 0.6) is 11.5 Å². The van der Waals surface area contributed by atoms with Crippen molar-refractivity contribution in [2.75, 3.05) is 52.5 Å². The zero-order valence-electron chi connectivity index (χ0n) is 17.1. The maximum absolute atomic E-state index is 6.04. The van der Waals surface area contributed by atoms with E-state index in [1.165, 1.54) is 59.2 Å². The van der Waals surface area contributed by atoms with Gasteiger partial charge in [-0.05, 0) is 88.3 Å². The molecule has 154 valence electrons. The van der Waals surface area contributed by atoms with Crippen molar-refractivity contribution >= 4 is 31.5 Å². The van der Waals surface area contributed by atoms with E-state index in [2.05, 4.69) is 46.2 Å². The van der Waals surface area contributed by atoms with E-state index in [1.54, 1.807) is 0 Å². The monoisotopic (exact) mass is 410 g/mol. The summed E-state index contributed by atoms with van der Waals surface area (Å²) in [4.78, 5) is 4.98. The van der Waals surface area contributed by atoms with E-state index in [0.29, 0.717) is 0 Å². The van der Waals surface area contributed by atoms with E-state index < -0.39 is 0 Å². The average molecular weight is 411 g/mol. The van der Waals surface area contributed by atoms with Crippen molar-refractivity contribution in [1.29, 1.82) is 0 Å². The fourth-order valence-corrected chi connectivity index (χ4v) is 5.15. The van der Waals surface area contributed by atoms with E-state index in [1.807, 2.05) is 11.3 Å². The molecule has 2 aliphatic rings. The molecular formula is C24H30N2O2S. The molecule has 0 atom stereocenters. The van der Waals surface area contributed by atoms with Crippen LogP contribution in [0.15, 0.2) is 36.4 Å². The maximum Gasteiger partial charge on any atom is 0.120 e. The highest BCUT2D eigenvalue weighted by Gasteiger charge is 2.13. The molecule has 0 amide bonds. The fraction of sp³-hybridized carbons (Fsp3) is 0.500. The summed E-state index contributed by atoms with van der Waals surface area (Å²) in [6, 6.07) is 13.0. The molecule has 2 saturated heterocycles. The summed E-state index contributed by atoms with van der Waals surface area (Å²) in [6.45, 7) is 8.92. The zero-order chi connectivity index (χ0) is 19.5. The van der Waals surface area contributed by atoms with Crippen molar-refractivity contribution in [2.24, 2.45) is 0 Å². The van der Waals surface area contributed by atoms with Gasteiger partial charge in [0.15, 0.2) is 0 Å². The number of thiophene rings is 1. The molecule has 0 saturated carbocycles. The molecule has 0 bridgehead atoms. The third kappa shape index (κ3) is 4.52. The molecule has 0 N–H and O–H groups in total. The number of ether oxygens (including phenoxy) is 2. The van der Waals surface area contributed by atoms with Gasteiger partial charge in [0.1, 0.15) is 11.5 Å². The minimum Gasteiger partial charge on any atom is -0.494 e. The molecular weight excluding hydrogens is 380 g/mol. The predicted molar refractivity (Wildman–Crippen MR) is 122 cm³/mol. The first-order valence-corrected chi connectivity index (χ1v) is 11.8. The van der Waals surface area contributed by atoms with Gasteiger partial charge in [0.05, 0.1) is 13.2 Å². The van der Waals surface area contributed by atoms with Crippen LogP contribution in [0, 0.1) is 0 Å². The van der Waals surface area contributed by atoms with Crippen LogP contribution in [0.25, 0.3) is 20.2 Å². The minimum absolute atomic E-state index is 0.787. The van der Waals surface area contributed by atoms with Crippen molar-refractivity contribution in [1.82, 2.24) is 9.80 Å². The highest BCUT2D eigenvalue weighted by molar-refractivity contribution is 7.25. The van der Waals surface area contributed by atoms with Gasteiger partial charge in [0.25, 0.3) is 0 Å². The lowest BCUT2D eigenvalue weighted by Gasteiger charge is -2.30. The van der Waals surface area contributed by atoms with Gasteiger partial charge in [-0.25, -0.2) is 0 Å². The van der Waals surface area contributed by atoms with Gasteiger partial charge >= 0.3 is 0 Å². The van der Waals surface area contributed by atoms with Crippen LogP contribution in [0.3, 0.4) is 0 Å². The Bertz CT molecular complexity index is 886. The maximum atomic E-state index is 6.04. The number of rotatable bonds is 10. The molecule has 2 aromatic carbocycles. The first-order chi connectivity index (χ1) is 14.3. The van der Waals surface area contributed by atoms with Crippen LogP contribution in [-0.4, -0.2) is 62.3 Å². The van der Waals surface area contributed by atoms with Gasteiger partial charge in [-0.3, -0.25) is 0 Å². The van der Waals surface area contributed by atoms with E-state index >= 15 is 0 Å². The van der Waals surface area contributed by atoms with E-state index in [4.69, 9.17) is 9.47 Å². The normalized spacial score (nSPS) is 17.4. The summed E-state index contributed by atoms with van der Waals surface area (Å²) in [7, 11) is 0. The van der Waals surface area contributed by atoms with Gasteiger partial charge < -0.3 is 19.3 Å². The Hall–Kier alpha value is -1.82. The lowest BCUT2D eigenvalue weighted by atomic mass is 10.1. The van der Waals surface area contributed by atoms with Gasteiger partial charge in [0.2, 0.25) is 0 Å². The third-order valence-corrected chi connectivity index (χ3v) is 7.24. The summed E-state index contributed by atoms with van der Waals surface area (Å²) in [5.74, 6) is 1.95. The van der Waals surface area contributed by atoms with Crippen molar-refractivity contribution < 1.29 is 9.47 Å². The Morgan fingerprint density at radius 1 is 0.690 bits per heavy atom. The first kappa shape index (κ1) is 19.2. The molecule has 0 aliphatic carbocycles. The molecule has 2 fully saturated rings. The van der Waals surface area contributed by atoms with Crippen molar-refractivity contribution in [3.63, 3.8) is 0 Å². The molecule has 5 heteroatoms. The van der Waals surface area contributed by atoms with Crippen LogP contribution >= 0.6 is 11.3 Å². The molecule has 5 rings (SSSR count). The zero-order valence-corrected chi connectivity index (χ0v) is 17.9. The quantitative estimate of drug-likeness (QED) is 0.439. The molecule has 0 unspecified atom stereocenters. The standard InChI is InChI=1S/C24H30N2O2S/c1-9-25(10-1)13-3-15-27-19-5-7-23-21(17-19)22-18-20(6-8-24(22)29-23)28-16-4-14-26-11-2-12-26/h5-8,17-18H,1-4,9-16H2. The van der Waals surface area contributed by atoms with Crippen LogP contribution in [-0.2, 0) is 0 Å². The summed E-state index contributed by atoms with van der Waals surface area (Å²) in [5.41, 5.74) is 0. The Balaban J connectivity index is 1.22. The van der Waals surface area contributed by atoms with Gasteiger partial charge in [0, 0.05) is 33.3 Å². The molecule has 3 heterocycles. The minimum atomic E-state index is 0.787. The van der Waals surface area contributed by atoms with E-state index in [9.17, 15) is 0 Å². The topological polar surface area (TPSA) is 24.9 Å². The number of fused-ring (bicyclic) bond motifs is 3. The highest BCUT2D eigenvalue weighted by Crippen LogP contribution is 2.37. The molecule has 0 spiro atoms. The molecule has 2 aliphatic heterocycles. The average Bonchev–Trinajstić information content (AvgIpc) is 3.02. The Labute approximate surface area is 177 Å². The molecule has 1 aromatic heterocycles. The first-order valence-electron chi connectivity index (χ1n) is 11.0. The van der Waals surface area contributed by atoms with Crippen molar-refractivity contribution in [2.45, 2.75) is 25.7 Å². The van der Waals surface area contributed by atoms with Crippen LogP contribution in [0.2, 0.25) is 0 Å². The second-order valence-electron chi connectivity index (χ2n) is 8.21. The molecule has 3 aromatic rings. The number of benzene rings is 2.